The summed E-state index contributed by atoms with van der Waals surface area (Å²) in [5, 5.41) is 19.7. The van der Waals surface area contributed by atoms with Crippen molar-refractivity contribution in [2.75, 3.05) is 13.6 Å². The van der Waals surface area contributed by atoms with Crippen LogP contribution in [0.4, 0.5) is 0 Å². The van der Waals surface area contributed by atoms with Crippen molar-refractivity contribution in [1.82, 2.24) is 4.90 Å². The standard InChI is InChI=1S/C21H19NO4/c1-14-6-7-17(13-18(14)19(23)24)16-5-3-4-15(12-16)8-9-21(26)10-11-22(2)20(21)25/h3-7,12-13,26H,10-11H2,1-2H3,(H,23,24)/t21-/m0/s1. The fourth-order valence-electron chi connectivity index (χ4n) is 2.95. The molecule has 1 atom stereocenters. The van der Waals surface area contributed by atoms with Crippen LogP contribution in [0.15, 0.2) is 42.5 Å². The quantitative estimate of drug-likeness (QED) is 0.816. The van der Waals surface area contributed by atoms with Gasteiger partial charge in [0.25, 0.3) is 5.91 Å². The van der Waals surface area contributed by atoms with E-state index in [1.54, 1.807) is 32.2 Å². The lowest BCUT2D eigenvalue weighted by molar-refractivity contribution is -0.137. The van der Waals surface area contributed by atoms with Crippen molar-refractivity contribution in [2.24, 2.45) is 0 Å². The van der Waals surface area contributed by atoms with Crippen LogP contribution in [-0.4, -0.2) is 46.2 Å². The summed E-state index contributed by atoms with van der Waals surface area (Å²) in [6, 6.07) is 12.5. The fraction of sp³-hybridized carbons (Fsp3) is 0.238. The summed E-state index contributed by atoms with van der Waals surface area (Å²) in [6.45, 7) is 2.23. The second-order valence-corrected chi connectivity index (χ2v) is 6.50. The van der Waals surface area contributed by atoms with Gasteiger partial charge in [0.15, 0.2) is 0 Å². The first-order valence-corrected chi connectivity index (χ1v) is 8.26. The molecular weight excluding hydrogens is 330 g/mol. The topological polar surface area (TPSA) is 77.8 Å². The monoisotopic (exact) mass is 349 g/mol. The number of rotatable bonds is 2. The van der Waals surface area contributed by atoms with Gasteiger partial charge >= 0.3 is 5.97 Å². The minimum atomic E-state index is -1.63. The highest BCUT2D eigenvalue weighted by Gasteiger charge is 2.42. The number of carboxylic acids is 1. The summed E-state index contributed by atoms with van der Waals surface area (Å²) in [5.41, 5.74) is 1.56. The van der Waals surface area contributed by atoms with E-state index in [2.05, 4.69) is 11.8 Å². The van der Waals surface area contributed by atoms with Crippen molar-refractivity contribution in [1.29, 1.82) is 0 Å². The molecule has 2 aromatic rings. The summed E-state index contributed by atoms with van der Waals surface area (Å²) in [4.78, 5) is 24.8. The zero-order valence-electron chi connectivity index (χ0n) is 14.6. The summed E-state index contributed by atoms with van der Waals surface area (Å²) in [7, 11) is 1.64. The van der Waals surface area contributed by atoms with Crippen LogP contribution in [0.2, 0.25) is 0 Å². The third-order valence-electron chi connectivity index (χ3n) is 4.59. The highest BCUT2D eigenvalue weighted by atomic mass is 16.4. The fourth-order valence-corrected chi connectivity index (χ4v) is 2.95. The maximum absolute atomic E-state index is 12.0. The van der Waals surface area contributed by atoms with Gasteiger partial charge in [-0.3, -0.25) is 4.79 Å². The van der Waals surface area contributed by atoms with Crippen molar-refractivity contribution >= 4 is 11.9 Å². The molecule has 2 N–H and O–H groups in total. The number of aliphatic hydroxyl groups is 1. The molecule has 0 unspecified atom stereocenters. The Morgan fingerprint density at radius 3 is 2.58 bits per heavy atom. The van der Waals surface area contributed by atoms with Gasteiger partial charge in [0.1, 0.15) is 0 Å². The van der Waals surface area contributed by atoms with Gasteiger partial charge in [-0.2, -0.15) is 0 Å². The van der Waals surface area contributed by atoms with E-state index in [9.17, 15) is 19.8 Å². The van der Waals surface area contributed by atoms with E-state index in [0.29, 0.717) is 17.7 Å². The molecule has 1 heterocycles. The molecule has 1 amide bonds. The van der Waals surface area contributed by atoms with E-state index in [0.717, 1.165) is 11.1 Å². The minimum absolute atomic E-state index is 0.257. The average molecular weight is 349 g/mol. The maximum Gasteiger partial charge on any atom is 0.335 e. The first-order valence-electron chi connectivity index (χ1n) is 8.26. The zero-order valence-corrected chi connectivity index (χ0v) is 14.6. The average Bonchev–Trinajstić information content (AvgIpc) is 2.88. The normalized spacial score (nSPS) is 19.2. The van der Waals surface area contributed by atoms with E-state index in [1.807, 2.05) is 24.3 Å². The Bertz CT molecular complexity index is 954. The van der Waals surface area contributed by atoms with Crippen LogP contribution in [-0.2, 0) is 4.79 Å². The number of hydrogen-bond donors (Lipinski definition) is 2. The number of hydrogen-bond acceptors (Lipinski definition) is 3. The van der Waals surface area contributed by atoms with Crippen molar-refractivity contribution in [3.63, 3.8) is 0 Å². The number of likely N-dealkylation sites (N-methyl/N-ethyl adjacent to an activating group) is 1. The number of carbonyl (C=O) groups is 2. The molecule has 5 nitrogen and oxygen atoms in total. The first-order chi connectivity index (χ1) is 12.3. The molecule has 0 radical (unpaired) electrons. The molecule has 5 heteroatoms. The van der Waals surface area contributed by atoms with Gasteiger partial charge in [-0.05, 0) is 41.8 Å². The molecule has 1 aliphatic heterocycles. The van der Waals surface area contributed by atoms with Crippen molar-refractivity contribution in [3.05, 3.63) is 59.2 Å². The van der Waals surface area contributed by atoms with E-state index >= 15 is 0 Å². The highest BCUT2D eigenvalue weighted by Crippen LogP contribution is 2.24. The summed E-state index contributed by atoms with van der Waals surface area (Å²) in [5.74, 6) is 4.22. The molecule has 2 aromatic carbocycles. The third-order valence-corrected chi connectivity index (χ3v) is 4.59. The highest BCUT2D eigenvalue weighted by molar-refractivity contribution is 5.91. The molecule has 1 fully saturated rings. The number of carboxylic acid groups (broad SMARTS) is 1. The van der Waals surface area contributed by atoms with Gasteiger partial charge in [0.05, 0.1) is 5.56 Å². The molecular formula is C21H19NO4. The number of benzene rings is 2. The van der Waals surface area contributed by atoms with Gasteiger partial charge in [0, 0.05) is 25.6 Å². The van der Waals surface area contributed by atoms with E-state index < -0.39 is 11.6 Å². The summed E-state index contributed by atoms with van der Waals surface area (Å²) < 4.78 is 0. The lowest BCUT2D eigenvalue weighted by Crippen LogP contribution is -2.37. The Hall–Kier alpha value is -3.10. The van der Waals surface area contributed by atoms with Crippen LogP contribution in [0, 0.1) is 18.8 Å². The molecule has 1 saturated heterocycles. The van der Waals surface area contributed by atoms with Crippen LogP contribution in [0.25, 0.3) is 11.1 Å². The van der Waals surface area contributed by atoms with Crippen molar-refractivity contribution < 1.29 is 19.8 Å². The Morgan fingerprint density at radius 1 is 1.19 bits per heavy atom. The summed E-state index contributed by atoms with van der Waals surface area (Å²) >= 11 is 0. The van der Waals surface area contributed by atoms with Gasteiger partial charge in [-0.1, -0.05) is 36.1 Å². The smallest absolute Gasteiger partial charge is 0.335 e. The minimum Gasteiger partial charge on any atom is -0.478 e. The van der Waals surface area contributed by atoms with E-state index in [4.69, 9.17) is 0 Å². The van der Waals surface area contributed by atoms with Crippen molar-refractivity contribution in [2.45, 2.75) is 18.9 Å². The Morgan fingerprint density at radius 2 is 1.92 bits per heavy atom. The third kappa shape index (κ3) is 3.32. The maximum atomic E-state index is 12.0. The Kier molecular flexibility index (Phi) is 4.54. The van der Waals surface area contributed by atoms with Crippen LogP contribution in [0.1, 0.15) is 27.9 Å². The van der Waals surface area contributed by atoms with Crippen LogP contribution >= 0.6 is 0 Å². The molecule has 0 bridgehead atoms. The Labute approximate surface area is 151 Å². The molecule has 26 heavy (non-hydrogen) atoms. The molecule has 132 valence electrons. The number of nitrogens with zero attached hydrogens (tertiary/aromatic N) is 1. The van der Waals surface area contributed by atoms with Gasteiger partial charge in [0.2, 0.25) is 5.60 Å². The second-order valence-electron chi connectivity index (χ2n) is 6.50. The first kappa shape index (κ1) is 17.7. The SMILES string of the molecule is Cc1ccc(-c2cccc(C#C[C@]3(O)CCN(C)C3=O)c2)cc1C(=O)O. The van der Waals surface area contributed by atoms with Crippen LogP contribution < -0.4 is 0 Å². The number of amides is 1. The predicted octanol–water partition coefficient (Wildman–Crippen LogP) is 2.30. The van der Waals surface area contributed by atoms with E-state index in [-0.39, 0.29) is 17.9 Å². The molecule has 0 spiro atoms. The molecule has 0 aliphatic carbocycles. The lowest BCUT2D eigenvalue weighted by atomic mass is 9.98. The number of carbonyl (C=O) groups excluding carboxylic acids is 1. The molecule has 3 rings (SSSR count). The van der Waals surface area contributed by atoms with Gasteiger partial charge < -0.3 is 15.1 Å². The van der Waals surface area contributed by atoms with Crippen LogP contribution in [0.3, 0.4) is 0 Å². The predicted molar refractivity (Wildman–Crippen MR) is 97.7 cm³/mol. The number of likely N-dealkylation sites (tertiary alicyclic amines) is 1. The molecule has 0 aromatic heterocycles. The molecule has 0 saturated carbocycles. The van der Waals surface area contributed by atoms with Crippen molar-refractivity contribution in [3.8, 4) is 23.0 Å². The molecule has 1 aliphatic rings. The zero-order chi connectivity index (χ0) is 18.9. The number of aromatic carboxylic acids is 1. The van der Waals surface area contributed by atoms with Crippen LogP contribution in [0.5, 0.6) is 0 Å². The summed E-state index contributed by atoms with van der Waals surface area (Å²) in [6.07, 6.45) is 0.287. The van der Waals surface area contributed by atoms with E-state index in [1.165, 1.54) is 4.90 Å². The number of aryl methyl sites for hydroxylation is 1. The van der Waals surface area contributed by atoms with Gasteiger partial charge in [-0.15, -0.1) is 0 Å². The Balaban J connectivity index is 1.93. The second kappa shape index (κ2) is 6.66. The largest absolute Gasteiger partial charge is 0.478 e. The lowest BCUT2D eigenvalue weighted by Gasteiger charge is -2.13. The van der Waals surface area contributed by atoms with Gasteiger partial charge in [-0.25, -0.2) is 4.79 Å².